The molecule has 0 bridgehead atoms. The molecule has 0 saturated heterocycles. The van der Waals surface area contributed by atoms with E-state index in [9.17, 15) is 15.0 Å². The molecule has 1 unspecified atom stereocenters. The molecule has 0 radical (unpaired) electrons. The standard InChI is InChI=1S/C27H28N2O6S/c1-33-21-14-19(15-22(34-2)24(21)31)17-35-12-13-36(3)25-23(30)20-10-7-11-28-26(20)29(27(25)32)16-18-8-5-4-6-9-18/h4-11,14-15H,12-13,16-17H2,1-3H3,(H-,30,31,32). The molecule has 2 aromatic carbocycles. The molecule has 0 saturated carbocycles. The van der Waals surface area contributed by atoms with E-state index in [1.165, 1.54) is 14.2 Å². The highest BCUT2D eigenvalue weighted by Crippen LogP contribution is 2.37. The first-order valence-electron chi connectivity index (χ1n) is 11.3. The van der Waals surface area contributed by atoms with E-state index in [0.29, 0.717) is 41.4 Å². The van der Waals surface area contributed by atoms with Gasteiger partial charge < -0.3 is 24.4 Å². The van der Waals surface area contributed by atoms with Crippen LogP contribution < -0.4 is 20.1 Å². The molecule has 8 nitrogen and oxygen atoms in total. The fourth-order valence-electron chi connectivity index (χ4n) is 3.95. The number of methoxy groups -OCH3 is 2. The molecule has 36 heavy (non-hydrogen) atoms. The molecule has 0 aliphatic rings. The number of aromatic hydroxyl groups is 1. The monoisotopic (exact) mass is 508 g/mol. The summed E-state index contributed by atoms with van der Waals surface area (Å²) < 4.78 is 17.8. The van der Waals surface area contributed by atoms with E-state index in [-0.39, 0.29) is 28.6 Å². The number of aromatic nitrogens is 2. The molecule has 188 valence electrons. The Hall–Kier alpha value is -3.69. The van der Waals surface area contributed by atoms with Crippen LogP contribution in [-0.2, 0) is 28.8 Å². The zero-order chi connectivity index (χ0) is 25.7. The third-order valence-electron chi connectivity index (χ3n) is 5.81. The van der Waals surface area contributed by atoms with Gasteiger partial charge >= 0.3 is 5.56 Å². The van der Waals surface area contributed by atoms with E-state index in [4.69, 9.17) is 14.2 Å². The lowest BCUT2D eigenvalue weighted by Crippen LogP contribution is -2.30. The van der Waals surface area contributed by atoms with Crippen molar-refractivity contribution >= 4 is 21.9 Å². The Kier molecular flexibility index (Phi) is 8.02. The molecule has 2 aromatic heterocycles. The molecule has 0 aliphatic heterocycles. The van der Waals surface area contributed by atoms with Gasteiger partial charge in [0.15, 0.2) is 11.5 Å². The third kappa shape index (κ3) is 5.27. The lowest BCUT2D eigenvalue weighted by Gasteiger charge is -2.18. The van der Waals surface area contributed by atoms with Crippen LogP contribution in [-0.4, -0.2) is 47.5 Å². The van der Waals surface area contributed by atoms with Gasteiger partial charge in [0.2, 0.25) is 10.6 Å². The van der Waals surface area contributed by atoms with Gasteiger partial charge in [-0.2, -0.15) is 0 Å². The molecule has 4 aromatic rings. The topological polar surface area (TPSA) is 106 Å². The molecule has 1 atom stereocenters. The van der Waals surface area contributed by atoms with Gasteiger partial charge in [0.05, 0.1) is 34.0 Å². The fraction of sp³-hybridized carbons (Fsp3) is 0.259. The SMILES string of the molecule is COc1cc(COCC[S+](C)c2c([O-])c3cccnc3n(Cc3ccccc3)c2=O)cc(OC)c1O. The number of hydrogen-bond donors (Lipinski definition) is 1. The molecule has 1 N–H and O–H groups in total. The number of rotatable bonds is 10. The first-order chi connectivity index (χ1) is 17.4. The van der Waals surface area contributed by atoms with E-state index >= 15 is 0 Å². The number of pyridine rings is 2. The van der Waals surface area contributed by atoms with Crippen LogP contribution in [0.1, 0.15) is 11.1 Å². The van der Waals surface area contributed by atoms with E-state index in [1.807, 2.05) is 36.6 Å². The van der Waals surface area contributed by atoms with Gasteiger partial charge in [-0.25, -0.2) is 4.98 Å². The number of ether oxygens (including phenoxy) is 3. The maximum atomic E-state index is 13.5. The molecule has 0 spiro atoms. The van der Waals surface area contributed by atoms with Crippen LogP contribution in [0.5, 0.6) is 23.0 Å². The van der Waals surface area contributed by atoms with Crippen molar-refractivity contribution in [3.63, 3.8) is 0 Å². The van der Waals surface area contributed by atoms with E-state index in [0.717, 1.165) is 11.1 Å². The van der Waals surface area contributed by atoms with Gasteiger partial charge in [-0.05, 0) is 35.1 Å². The lowest BCUT2D eigenvalue weighted by molar-refractivity contribution is -0.270. The smallest absolute Gasteiger partial charge is 0.307 e. The Bertz CT molecular complexity index is 1380. The molecular weight excluding hydrogens is 480 g/mol. The quantitative estimate of drug-likeness (QED) is 0.259. The minimum Gasteiger partial charge on any atom is -0.868 e. The fourth-order valence-corrected chi connectivity index (χ4v) is 5.36. The van der Waals surface area contributed by atoms with Crippen molar-refractivity contribution in [3.8, 4) is 23.0 Å². The van der Waals surface area contributed by atoms with Crippen LogP contribution >= 0.6 is 0 Å². The summed E-state index contributed by atoms with van der Waals surface area (Å²) in [5.74, 6) is 0.755. The Balaban J connectivity index is 1.54. The summed E-state index contributed by atoms with van der Waals surface area (Å²) in [7, 11) is 2.29. The zero-order valence-electron chi connectivity index (χ0n) is 20.4. The molecule has 0 amide bonds. The molecular formula is C27H28N2O6S. The minimum atomic E-state index is -0.642. The van der Waals surface area contributed by atoms with Crippen LogP contribution in [0.15, 0.2) is 70.5 Å². The molecule has 4 rings (SSSR count). The second-order valence-corrected chi connectivity index (χ2v) is 10.2. The average molecular weight is 509 g/mol. The van der Waals surface area contributed by atoms with Crippen molar-refractivity contribution in [2.75, 3.05) is 32.8 Å². The van der Waals surface area contributed by atoms with Crippen LogP contribution in [0.3, 0.4) is 0 Å². The second-order valence-electron chi connectivity index (χ2n) is 8.15. The van der Waals surface area contributed by atoms with Crippen molar-refractivity contribution in [1.29, 1.82) is 0 Å². The maximum Gasteiger partial charge on any atom is 0.307 e. The normalized spacial score (nSPS) is 12.0. The van der Waals surface area contributed by atoms with Gasteiger partial charge in [-0.1, -0.05) is 36.4 Å². The molecule has 2 heterocycles. The Morgan fingerprint density at radius 3 is 2.39 bits per heavy atom. The zero-order valence-corrected chi connectivity index (χ0v) is 21.2. The number of benzene rings is 2. The summed E-state index contributed by atoms with van der Waals surface area (Å²) in [5.41, 5.74) is 1.80. The summed E-state index contributed by atoms with van der Waals surface area (Å²) in [6.07, 6.45) is 3.48. The third-order valence-corrected chi connectivity index (χ3v) is 7.64. The second kappa shape index (κ2) is 11.4. The summed E-state index contributed by atoms with van der Waals surface area (Å²) in [6.45, 7) is 0.931. The van der Waals surface area contributed by atoms with Crippen LogP contribution in [0.2, 0.25) is 0 Å². The van der Waals surface area contributed by atoms with E-state index < -0.39 is 10.9 Å². The lowest BCUT2D eigenvalue weighted by atomic mass is 10.2. The van der Waals surface area contributed by atoms with E-state index in [1.54, 1.807) is 35.0 Å². The number of fused-ring (bicyclic) bond motifs is 1. The van der Waals surface area contributed by atoms with Crippen molar-refractivity contribution in [3.05, 3.63) is 82.3 Å². The van der Waals surface area contributed by atoms with Crippen molar-refractivity contribution in [1.82, 2.24) is 9.55 Å². The van der Waals surface area contributed by atoms with Crippen LogP contribution in [0, 0.1) is 0 Å². The maximum absolute atomic E-state index is 13.5. The number of hydrogen-bond acceptors (Lipinski definition) is 7. The highest BCUT2D eigenvalue weighted by atomic mass is 32.2. The highest BCUT2D eigenvalue weighted by Gasteiger charge is 2.25. The summed E-state index contributed by atoms with van der Waals surface area (Å²) in [6, 6.07) is 16.4. The van der Waals surface area contributed by atoms with Gasteiger partial charge in [0, 0.05) is 22.5 Å². The van der Waals surface area contributed by atoms with Crippen LogP contribution in [0.25, 0.3) is 11.0 Å². The van der Waals surface area contributed by atoms with Crippen molar-refractivity contribution < 1.29 is 24.4 Å². The predicted octanol–water partition coefficient (Wildman–Crippen LogP) is 3.07. The summed E-state index contributed by atoms with van der Waals surface area (Å²) in [4.78, 5) is 18.1. The molecule has 9 heteroatoms. The largest absolute Gasteiger partial charge is 0.868 e. The predicted molar refractivity (Wildman–Crippen MR) is 138 cm³/mol. The van der Waals surface area contributed by atoms with E-state index in [2.05, 4.69) is 4.98 Å². The van der Waals surface area contributed by atoms with Gasteiger partial charge in [-0.15, -0.1) is 0 Å². The minimum absolute atomic E-state index is 0.0700. The van der Waals surface area contributed by atoms with Crippen molar-refractivity contribution in [2.24, 2.45) is 0 Å². The first kappa shape index (κ1) is 25.4. The first-order valence-corrected chi connectivity index (χ1v) is 13.1. The van der Waals surface area contributed by atoms with Crippen molar-refractivity contribution in [2.45, 2.75) is 18.0 Å². The van der Waals surface area contributed by atoms with Gasteiger partial charge in [0.25, 0.3) is 0 Å². The molecule has 0 fully saturated rings. The van der Waals surface area contributed by atoms with Gasteiger partial charge in [-0.3, -0.25) is 9.36 Å². The Morgan fingerprint density at radius 1 is 1.03 bits per heavy atom. The molecule has 0 aliphatic carbocycles. The number of nitrogens with zero attached hydrogens (tertiary/aromatic N) is 2. The Morgan fingerprint density at radius 2 is 1.72 bits per heavy atom. The Labute approximate surface area is 212 Å². The van der Waals surface area contributed by atoms with Crippen LogP contribution in [0.4, 0.5) is 0 Å². The van der Waals surface area contributed by atoms with Gasteiger partial charge in [0.1, 0.15) is 17.7 Å². The summed E-state index contributed by atoms with van der Waals surface area (Å²) >= 11 is 0. The average Bonchev–Trinajstić information content (AvgIpc) is 2.90. The number of phenolic OH excluding ortho intramolecular Hbond substituents is 1. The highest BCUT2D eigenvalue weighted by molar-refractivity contribution is 7.96. The summed E-state index contributed by atoms with van der Waals surface area (Å²) in [5, 5.41) is 23.8. The number of phenols is 1.